The van der Waals surface area contributed by atoms with Crippen LogP contribution in [0.2, 0.25) is 0 Å². The minimum atomic E-state index is -4.26. The van der Waals surface area contributed by atoms with E-state index in [0.717, 1.165) is 12.7 Å². The molecule has 0 saturated carbocycles. The molecule has 1 aliphatic carbocycles. The van der Waals surface area contributed by atoms with Crippen molar-refractivity contribution in [3.05, 3.63) is 129 Å². The van der Waals surface area contributed by atoms with Gasteiger partial charge >= 0.3 is 11.9 Å². The molecule has 3 aromatic carbocycles. The lowest BCUT2D eigenvalue weighted by molar-refractivity contribution is -0.384. The van der Waals surface area contributed by atoms with Crippen LogP contribution in [0.3, 0.4) is 0 Å². The predicted octanol–water partition coefficient (Wildman–Crippen LogP) is 5.53. The summed E-state index contributed by atoms with van der Waals surface area (Å²) in [6, 6.07) is 20.8. The highest BCUT2D eigenvalue weighted by Crippen LogP contribution is 2.52. The fraction of sp³-hybridized carbons (Fsp3) is 0.273. The molecule has 0 amide bonds. The number of sulfonamides is 1. The average Bonchev–Trinajstić information content (AvgIpc) is 3.35. The van der Waals surface area contributed by atoms with Crippen LogP contribution in [0.15, 0.2) is 107 Å². The van der Waals surface area contributed by atoms with Crippen molar-refractivity contribution in [1.82, 2.24) is 4.72 Å². The van der Waals surface area contributed by atoms with Crippen LogP contribution >= 0.6 is 0 Å². The highest BCUT2D eigenvalue weighted by atomic mass is 32.2. The molecule has 0 fully saturated rings. The number of ether oxygens (including phenoxy) is 2. The lowest BCUT2D eigenvalue weighted by Gasteiger charge is -2.36. The van der Waals surface area contributed by atoms with Crippen LogP contribution in [0.25, 0.3) is 0 Å². The van der Waals surface area contributed by atoms with Crippen LogP contribution in [-0.2, 0) is 35.5 Å². The second kappa shape index (κ2) is 12.5. The number of esters is 2. The quantitative estimate of drug-likeness (QED) is 0.143. The van der Waals surface area contributed by atoms with Gasteiger partial charge in [-0.25, -0.2) is 13.2 Å². The van der Waals surface area contributed by atoms with Gasteiger partial charge in [-0.2, -0.15) is 0 Å². The van der Waals surface area contributed by atoms with Gasteiger partial charge in [0.05, 0.1) is 16.9 Å². The fourth-order valence-electron chi connectivity index (χ4n) is 5.16. The number of carbonyl (C=O) groups is 2. The van der Waals surface area contributed by atoms with Gasteiger partial charge in [-0.15, -0.1) is 0 Å². The molecule has 0 radical (unpaired) electrons. The lowest BCUT2D eigenvalue weighted by atomic mass is 9.69. The standard InChI is InChI=1S/C33H34N2O8S/c1-22-11-17-26(18-12-22)44(40,41)34-29(30(36)42-5)27-19-20-33(31(37)43-32(2,3)4,28(27)24-9-7-6-8-10-24)21-23-13-15-25(16-14-23)35(38)39/h6-20,28,34H,21H2,1-5H3/b29-27+/t28-,33+/m0/s1. The van der Waals surface area contributed by atoms with E-state index in [1.165, 1.54) is 30.3 Å². The number of hydrogen-bond acceptors (Lipinski definition) is 8. The van der Waals surface area contributed by atoms with Crippen molar-refractivity contribution in [2.24, 2.45) is 5.41 Å². The first kappa shape index (κ1) is 32.2. The summed E-state index contributed by atoms with van der Waals surface area (Å²) in [5.74, 6) is -2.48. The van der Waals surface area contributed by atoms with Gasteiger partial charge < -0.3 is 9.47 Å². The van der Waals surface area contributed by atoms with E-state index in [2.05, 4.69) is 4.72 Å². The first-order chi connectivity index (χ1) is 20.7. The van der Waals surface area contributed by atoms with Crippen molar-refractivity contribution < 1.29 is 32.4 Å². The Morgan fingerprint density at radius 2 is 1.59 bits per heavy atom. The van der Waals surface area contributed by atoms with Crippen LogP contribution in [0.4, 0.5) is 5.69 Å². The number of nitro benzene ring substituents is 1. The lowest BCUT2D eigenvalue weighted by Crippen LogP contribution is -2.42. The molecule has 4 rings (SSSR count). The molecule has 230 valence electrons. The Morgan fingerprint density at radius 3 is 2.14 bits per heavy atom. The summed E-state index contributed by atoms with van der Waals surface area (Å²) in [6.45, 7) is 7.01. The van der Waals surface area contributed by atoms with Gasteiger partial charge in [-0.05, 0) is 62.9 Å². The van der Waals surface area contributed by atoms with Gasteiger partial charge in [0.1, 0.15) is 16.7 Å². The molecule has 0 saturated heterocycles. The molecule has 0 bridgehead atoms. The molecule has 0 heterocycles. The molecule has 0 aliphatic heterocycles. The predicted molar refractivity (Wildman–Crippen MR) is 164 cm³/mol. The van der Waals surface area contributed by atoms with Crippen LogP contribution in [0.5, 0.6) is 0 Å². The normalized spacial score (nSPS) is 19.2. The first-order valence-electron chi connectivity index (χ1n) is 13.8. The number of allylic oxidation sites excluding steroid dienone is 2. The largest absolute Gasteiger partial charge is 0.464 e. The highest BCUT2D eigenvalue weighted by Gasteiger charge is 2.52. The number of benzene rings is 3. The van der Waals surface area contributed by atoms with E-state index >= 15 is 0 Å². The monoisotopic (exact) mass is 618 g/mol. The smallest absolute Gasteiger partial charge is 0.355 e. The zero-order valence-electron chi connectivity index (χ0n) is 25.1. The molecule has 44 heavy (non-hydrogen) atoms. The van der Waals surface area contributed by atoms with E-state index in [1.807, 2.05) is 6.92 Å². The van der Waals surface area contributed by atoms with E-state index in [9.17, 15) is 28.1 Å². The summed E-state index contributed by atoms with van der Waals surface area (Å²) in [5.41, 5.74) is -0.579. The maximum Gasteiger partial charge on any atom is 0.355 e. The van der Waals surface area contributed by atoms with Crippen molar-refractivity contribution in [3.63, 3.8) is 0 Å². The molecule has 2 atom stereocenters. The Hall–Kier alpha value is -4.77. The van der Waals surface area contributed by atoms with E-state index in [1.54, 1.807) is 81.4 Å². The van der Waals surface area contributed by atoms with Gasteiger partial charge in [0.15, 0.2) is 0 Å². The average molecular weight is 619 g/mol. The zero-order chi connectivity index (χ0) is 32.3. The molecule has 0 aromatic heterocycles. The Morgan fingerprint density at radius 1 is 0.977 bits per heavy atom. The molecule has 10 nitrogen and oxygen atoms in total. The number of carbonyl (C=O) groups excluding carboxylic acids is 2. The Kier molecular flexibility index (Phi) is 9.10. The summed E-state index contributed by atoms with van der Waals surface area (Å²) in [4.78, 5) is 38.2. The molecule has 1 N–H and O–H groups in total. The van der Waals surface area contributed by atoms with E-state index in [0.29, 0.717) is 11.1 Å². The number of non-ortho nitro benzene ring substituents is 1. The topological polar surface area (TPSA) is 142 Å². The third kappa shape index (κ3) is 6.89. The van der Waals surface area contributed by atoms with Crippen molar-refractivity contribution in [2.75, 3.05) is 7.11 Å². The van der Waals surface area contributed by atoms with Crippen LogP contribution in [-0.4, -0.2) is 38.0 Å². The number of nitrogens with one attached hydrogen (secondary N) is 1. The highest BCUT2D eigenvalue weighted by molar-refractivity contribution is 7.89. The minimum absolute atomic E-state index is 0.0264. The van der Waals surface area contributed by atoms with Gasteiger partial charge in [-0.1, -0.05) is 72.3 Å². The number of aryl methyl sites for hydroxylation is 1. The molecule has 0 unspecified atom stereocenters. The summed E-state index contributed by atoms with van der Waals surface area (Å²) < 4.78 is 40.4. The number of methoxy groups -OCH3 is 1. The SMILES string of the molecule is COC(=O)/C(NS(=O)(=O)c1ccc(C)cc1)=C1/C=C[C@](Cc2ccc([N+](=O)[O-])cc2)(C(=O)OC(C)(C)C)[C@H]1c1ccccc1. The van der Waals surface area contributed by atoms with Crippen molar-refractivity contribution in [3.8, 4) is 0 Å². The Labute approximate surface area is 256 Å². The molecule has 1 aliphatic rings. The van der Waals surface area contributed by atoms with E-state index < -0.39 is 43.8 Å². The second-order valence-corrected chi connectivity index (χ2v) is 13.2. The molecule has 11 heteroatoms. The fourth-order valence-corrected chi connectivity index (χ4v) is 6.24. The number of rotatable bonds is 9. The van der Waals surface area contributed by atoms with Crippen molar-refractivity contribution >= 4 is 27.6 Å². The van der Waals surface area contributed by atoms with Gasteiger partial charge in [0, 0.05) is 18.1 Å². The zero-order valence-corrected chi connectivity index (χ0v) is 25.9. The summed E-state index contributed by atoms with van der Waals surface area (Å²) in [7, 11) is -3.12. The van der Waals surface area contributed by atoms with Crippen molar-refractivity contribution in [2.45, 2.75) is 50.5 Å². The van der Waals surface area contributed by atoms with Crippen LogP contribution in [0, 0.1) is 22.5 Å². The molecular weight excluding hydrogens is 584 g/mol. The van der Waals surface area contributed by atoms with E-state index in [-0.39, 0.29) is 28.3 Å². The van der Waals surface area contributed by atoms with E-state index in [4.69, 9.17) is 9.47 Å². The minimum Gasteiger partial charge on any atom is -0.464 e. The third-order valence-electron chi connectivity index (χ3n) is 7.19. The van der Waals surface area contributed by atoms with Gasteiger partial charge in [0.25, 0.3) is 15.7 Å². The molecule has 0 spiro atoms. The Bertz CT molecular complexity index is 1720. The third-order valence-corrected chi connectivity index (χ3v) is 8.55. The van der Waals surface area contributed by atoms with Crippen LogP contribution < -0.4 is 4.72 Å². The maximum atomic E-state index is 14.2. The van der Waals surface area contributed by atoms with Gasteiger partial charge in [-0.3, -0.25) is 19.6 Å². The molecular formula is C33H34N2O8S. The second-order valence-electron chi connectivity index (χ2n) is 11.6. The number of hydrogen-bond donors (Lipinski definition) is 1. The van der Waals surface area contributed by atoms with Crippen molar-refractivity contribution in [1.29, 1.82) is 0 Å². The first-order valence-corrected chi connectivity index (χ1v) is 15.3. The van der Waals surface area contributed by atoms with Crippen LogP contribution in [0.1, 0.15) is 43.4 Å². The summed E-state index contributed by atoms with van der Waals surface area (Å²) >= 11 is 0. The molecule has 3 aromatic rings. The number of nitrogens with zero attached hydrogens (tertiary/aromatic N) is 1. The maximum absolute atomic E-state index is 14.2. The van der Waals surface area contributed by atoms with Gasteiger partial charge in [0.2, 0.25) is 0 Å². The summed E-state index contributed by atoms with van der Waals surface area (Å²) in [5, 5.41) is 11.3. The number of nitro groups is 1. The summed E-state index contributed by atoms with van der Waals surface area (Å²) in [6.07, 6.45) is 3.17. The Balaban J connectivity index is 1.95.